The first-order valence-electron chi connectivity index (χ1n) is 6.47. The van der Waals surface area contributed by atoms with Crippen molar-refractivity contribution in [2.24, 2.45) is 0 Å². The molecule has 2 aliphatic heterocycles. The van der Waals surface area contributed by atoms with Gasteiger partial charge in [-0.3, -0.25) is 0 Å². The zero-order chi connectivity index (χ0) is 12.3. The Balaban J connectivity index is 1.72. The summed E-state index contributed by atoms with van der Waals surface area (Å²) in [6.07, 6.45) is 3.23. The molecule has 0 radical (unpaired) electrons. The van der Waals surface area contributed by atoms with Crippen LogP contribution in [0.1, 0.15) is 19.3 Å². The lowest BCUT2D eigenvalue weighted by atomic mass is 10.0. The zero-order valence-corrected chi connectivity index (χ0v) is 10.8. The van der Waals surface area contributed by atoms with Gasteiger partial charge in [0.2, 0.25) is 0 Å². The molecule has 5 heteroatoms. The largest absolute Gasteiger partial charge is 0.380 e. The van der Waals surface area contributed by atoms with Crippen molar-refractivity contribution < 1.29 is 9.53 Å². The number of rotatable bonds is 2. The van der Waals surface area contributed by atoms with E-state index < -0.39 is 0 Å². The highest BCUT2D eigenvalue weighted by atomic mass is 16.5. The van der Waals surface area contributed by atoms with E-state index in [0.717, 1.165) is 45.6 Å². The van der Waals surface area contributed by atoms with Gasteiger partial charge in [0.05, 0.1) is 6.61 Å². The van der Waals surface area contributed by atoms with Crippen LogP contribution in [0.4, 0.5) is 4.79 Å². The highest BCUT2D eigenvalue weighted by molar-refractivity contribution is 5.73. The topological polar surface area (TPSA) is 44.8 Å². The molecule has 2 aliphatic rings. The molecule has 0 spiro atoms. The quantitative estimate of drug-likeness (QED) is 0.766. The van der Waals surface area contributed by atoms with Gasteiger partial charge < -0.3 is 19.9 Å². The van der Waals surface area contributed by atoms with Crippen molar-refractivity contribution >= 4 is 6.03 Å². The van der Waals surface area contributed by atoms with Crippen LogP contribution in [0, 0.1) is 0 Å². The molecule has 0 aromatic rings. The maximum atomic E-state index is 11.8. The predicted octanol–water partition coefficient (Wildman–Crippen LogP) is 0.511. The number of hydrogen-bond donors (Lipinski definition) is 1. The summed E-state index contributed by atoms with van der Waals surface area (Å²) in [4.78, 5) is 15.3. The van der Waals surface area contributed by atoms with Crippen LogP contribution in [0.25, 0.3) is 0 Å². The van der Waals surface area contributed by atoms with E-state index in [-0.39, 0.29) is 6.03 Å². The molecule has 2 saturated heterocycles. The van der Waals surface area contributed by atoms with E-state index in [2.05, 4.69) is 5.32 Å². The summed E-state index contributed by atoms with van der Waals surface area (Å²) in [6.45, 7) is 3.46. The first-order chi connectivity index (χ1) is 8.16. The van der Waals surface area contributed by atoms with E-state index in [1.165, 1.54) is 0 Å². The summed E-state index contributed by atoms with van der Waals surface area (Å²) in [5.41, 5.74) is 0. The molecule has 0 aliphatic carbocycles. The first kappa shape index (κ1) is 12.6. The van der Waals surface area contributed by atoms with Gasteiger partial charge in [-0.1, -0.05) is 0 Å². The van der Waals surface area contributed by atoms with E-state index in [4.69, 9.17) is 4.74 Å². The Labute approximate surface area is 103 Å². The van der Waals surface area contributed by atoms with Crippen molar-refractivity contribution in [2.75, 3.05) is 40.4 Å². The van der Waals surface area contributed by atoms with E-state index >= 15 is 0 Å². The third-order valence-electron chi connectivity index (χ3n) is 3.55. The second-order valence-electron chi connectivity index (χ2n) is 5.17. The smallest absolute Gasteiger partial charge is 0.319 e. The van der Waals surface area contributed by atoms with Crippen LogP contribution in [-0.4, -0.2) is 68.3 Å². The Morgan fingerprint density at radius 1 is 1.24 bits per heavy atom. The lowest BCUT2D eigenvalue weighted by Crippen LogP contribution is -2.50. The maximum absolute atomic E-state index is 11.8. The third kappa shape index (κ3) is 3.33. The van der Waals surface area contributed by atoms with Crippen molar-refractivity contribution in [1.29, 1.82) is 0 Å². The monoisotopic (exact) mass is 241 g/mol. The lowest BCUT2D eigenvalue weighted by molar-refractivity contribution is 0.148. The average Bonchev–Trinajstić information content (AvgIpc) is 2.82. The Bertz CT molecular complexity index is 256. The van der Waals surface area contributed by atoms with E-state index in [9.17, 15) is 4.79 Å². The summed E-state index contributed by atoms with van der Waals surface area (Å²) in [7, 11) is 3.62. The number of ether oxygens (including phenoxy) is 1. The fourth-order valence-electron chi connectivity index (χ4n) is 2.52. The van der Waals surface area contributed by atoms with Crippen LogP contribution in [0.2, 0.25) is 0 Å². The number of nitrogens with zero attached hydrogens (tertiary/aromatic N) is 2. The molecule has 0 aromatic carbocycles. The fraction of sp³-hybridized carbons (Fsp3) is 0.917. The number of amides is 2. The number of likely N-dealkylation sites (tertiary alicyclic amines) is 1. The van der Waals surface area contributed by atoms with Crippen LogP contribution >= 0.6 is 0 Å². The molecule has 1 atom stereocenters. The van der Waals surface area contributed by atoms with Gasteiger partial charge in [0.25, 0.3) is 0 Å². The minimum Gasteiger partial charge on any atom is -0.380 e. The standard InChI is InChI=1S/C12H23N3O2/c1-14(2)12(16)15-6-3-10(4-7-15)13-11-5-8-17-9-11/h10-11,13H,3-9H2,1-2H3. The summed E-state index contributed by atoms with van der Waals surface area (Å²) in [6, 6.07) is 1.21. The molecule has 0 saturated carbocycles. The average molecular weight is 241 g/mol. The maximum Gasteiger partial charge on any atom is 0.319 e. The first-order valence-corrected chi connectivity index (χ1v) is 6.47. The number of piperidine rings is 1. The third-order valence-corrected chi connectivity index (χ3v) is 3.55. The van der Waals surface area contributed by atoms with Gasteiger partial charge in [-0.05, 0) is 19.3 Å². The Morgan fingerprint density at radius 2 is 1.94 bits per heavy atom. The number of urea groups is 1. The minimum absolute atomic E-state index is 0.132. The van der Waals surface area contributed by atoms with E-state index in [1.54, 1.807) is 4.90 Å². The van der Waals surface area contributed by atoms with Gasteiger partial charge in [0, 0.05) is 45.9 Å². The molecular formula is C12H23N3O2. The molecule has 2 fully saturated rings. The fourth-order valence-corrected chi connectivity index (χ4v) is 2.52. The van der Waals surface area contributed by atoms with Crippen molar-refractivity contribution in [1.82, 2.24) is 15.1 Å². The van der Waals surface area contributed by atoms with Gasteiger partial charge in [-0.15, -0.1) is 0 Å². The second kappa shape index (κ2) is 5.69. The van der Waals surface area contributed by atoms with Crippen molar-refractivity contribution in [3.05, 3.63) is 0 Å². The summed E-state index contributed by atoms with van der Waals surface area (Å²) < 4.78 is 5.36. The zero-order valence-electron chi connectivity index (χ0n) is 10.8. The molecule has 5 nitrogen and oxygen atoms in total. The normalized spacial score (nSPS) is 26.2. The summed E-state index contributed by atoms with van der Waals surface area (Å²) in [5.74, 6) is 0. The number of carbonyl (C=O) groups excluding carboxylic acids is 1. The van der Waals surface area contributed by atoms with Gasteiger partial charge in [0.1, 0.15) is 0 Å². The molecule has 0 bridgehead atoms. The van der Waals surface area contributed by atoms with Crippen LogP contribution < -0.4 is 5.32 Å². The van der Waals surface area contributed by atoms with Crippen LogP contribution in [-0.2, 0) is 4.74 Å². The van der Waals surface area contributed by atoms with E-state index in [1.807, 2.05) is 19.0 Å². The second-order valence-corrected chi connectivity index (χ2v) is 5.17. The van der Waals surface area contributed by atoms with Crippen LogP contribution in [0.3, 0.4) is 0 Å². The lowest BCUT2D eigenvalue weighted by Gasteiger charge is -2.35. The van der Waals surface area contributed by atoms with Crippen LogP contribution in [0.5, 0.6) is 0 Å². The summed E-state index contributed by atoms with van der Waals surface area (Å²) >= 11 is 0. The SMILES string of the molecule is CN(C)C(=O)N1CCC(NC2CCOC2)CC1. The molecule has 1 N–H and O–H groups in total. The van der Waals surface area contributed by atoms with Gasteiger partial charge >= 0.3 is 6.03 Å². The van der Waals surface area contributed by atoms with E-state index in [0.29, 0.717) is 12.1 Å². The Morgan fingerprint density at radius 3 is 2.47 bits per heavy atom. The molecule has 1 unspecified atom stereocenters. The molecule has 2 heterocycles. The molecule has 2 amide bonds. The summed E-state index contributed by atoms with van der Waals surface area (Å²) in [5, 5.41) is 3.63. The molecule has 98 valence electrons. The molecule has 2 rings (SSSR count). The van der Waals surface area contributed by atoms with Crippen molar-refractivity contribution in [3.63, 3.8) is 0 Å². The number of hydrogen-bond acceptors (Lipinski definition) is 3. The van der Waals surface area contributed by atoms with Crippen LogP contribution in [0.15, 0.2) is 0 Å². The molecule has 17 heavy (non-hydrogen) atoms. The highest BCUT2D eigenvalue weighted by Crippen LogP contribution is 2.14. The molecule has 0 aromatic heterocycles. The Hall–Kier alpha value is -0.810. The number of nitrogens with one attached hydrogen (secondary N) is 1. The van der Waals surface area contributed by atoms with Crippen molar-refractivity contribution in [3.8, 4) is 0 Å². The van der Waals surface area contributed by atoms with Gasteiger partial charge in [0.15, 0.2) is 0 Å². The Kier molecular flexibility index (Phi) is 4.23. The predicted molar refractivity (Wildman–Crippen MR) is 66.0 cm³/mol. The highest BCUT2D eigenvalue weighted by Gasteiger charge is 2.26. The number of carbonyl (C=O) groups is 1. The van der Waals surface area contributed by atoms with Gasteiger partial charge in [-0.25, -0.2) is 4.79 Å². The minimum atomic E-state index is 0.132. The van der Waals surface area contributed by atoms with Gasteiger partial charge in [-0.2, -0.15) is 0 Å². The van der Waals surface area contributed by atoms with Crippen molar-refractivity contribution in [2.45, 2.75) is 31.3 Å². The molecular weight excluding hydrogens is 218 g/mol.